The molecule has 3 unspecified atom stereocenters. The standard InChI is InChI=1S/C8H16N2S/c1-11-10-4-6-2-3-8(9)7(6)5-10/h6-8H,2-5,9H2,1H3. The first-order valence-corrected chi connectivity index (χ1v) is 5.54. The Balaban J connectivity index is 1.98. The van der Waals surface area contributed by atoms with E-state index < -0.39 is 0 Å². The third-order valence-electron chi connectivity index (χ3n) is 3.14. The van der Waals surface area contributed by atoms with E-state index in [0.29, 0.717) is 6.04 Å². The van der Waals surface area contributed by atoms with Gasteiger partial charge in [0, 0.05) is 19.1 Å². The highest BCUT2D eigenvalue weighted by Gasteiger charge is 2.40. The average Bonchev–Trinajstić information content (AvgIpc) is 2.53. The van der Waals surface area contributed by atoms with E-state index >= 15 is 0 Å². The lowest BCUT2D eigenvalue weighted by atomic mass is 9.98. The molecule has 0 aromatic heterocycles. The minimum atomic E-state index is 0.497. The van der Waals surface area contributed by atoms with Gasteiger partial charge in [-0.05, 0) is 30.9 Å². The van der Waals surface area contributed by atoms with Crippen molar-refractivity contribution in [1.29, 1.82) is 0 Å². The van der Waals surface area contributed by atoms with Crippen LogP contribution >= 0.6 is 11.9 Å². The van der Waals surface area contributed by atoms with Gasteiger partial charge >= 0.3 is 0 Å². The first-order valence-electron chi connectivity index (χ1n) is 4.36. The molecule has 2 rings (SSSR count). The molecule has 3 atom stereocenters. The van der Waals surface area contributed by atoms with Gasteiger partial charge in [-0.2, -0.15) is 0 Å². The predicted molar refractivity (Wildman–Crippen MR) is 49.3 cm³/mol. The fourth-order valence-corrected chi connectivity index (χ4v) is 3.08. The second-order valence-corrected chi connectivity index (χ2v) is 4.58. The Morgan fingerprint density at radius 2 is 2.18 bits per heavy atom. The van der Waals surface area contributed by atoms with E-state index in [0.717, 1.165) is 11.8 Å². The minimum Gasteiger partial charge on any atom is -0.327 e. The van der Waals surface area contributed by atoms with Crippen molar-refractivity contribution in [2.75, 3.05) is 19.3 Å². The Hall–Kier alpha value is 0.270. The molecule has 1 aliphatic carbocycles. The smallest absolute Gasteiger partial charge is 0.0136 e. The molecule has 0 amide bonds. The van der Waals surface area contributed by atoms with E-state index in [2.05, 4.69) is 10.6 Å². The van der Waals surface area contributed by atoms with Crippen molar-refractivity contribution in [2.24, 2.45) is 17.6 Å². The van der Waals surface area contributed by atoms with E-state index in [1.807, 2.05) is 11.9 Å². The number of hydrogen-bond donors (Lipinski definition) is 1. The zero-order chi connectivity index (χ0) is 7.84. The molecule has 1 saturated heterocycles. The lowest BCUT2D eigenvalue weighted by Gasteiger charge is -2.14. The number of rotatable bonds is 1. The molecule has 0 radical (unpaired) electrons. The van der Waals surface area contributed by atoms with Crippen LogP contribution in [-0.2, 0) is 0 Å². The van der Waals surface area contributed by atoms with Gasteiger partial charge in [-0.15, -0.1) is 0 Å². The molecular formula is C8H16N2S. The molecule has 64 valence electrons. The first kappa shape index (κ1) is 7.90. The van der Waals surface area contributed by atoms with Crippen molar-refractivity contribution in [3.8, 4) is 0 Å². The van der Waals surface area contributed by atoms with Crippen LogP contribution in [0.5, 0.6) is 0 Å². The van der Waals surface area contributed by atoms with Crippen LogP contribution in [0.4, 0.5) is 0 Å². The molecule has 0 aromatic carbocycles. The summed E-state index contributed by atoms with van der Waals surface area (Å²) in [5.41, 5.74) is 6.00. The van der Waals surface area contributed by atoms with Gasteiger partial charge in [-0.3, -0.25) is 4.31 Å². The molecule has 2 aliphatic rings. The van der Waals surface area contributed by atoms with E-state index in [9.17, 15) is 0 Å². The SMILES string of the molecule is CSN1CC2CCC(N)C2C1. The molecule has 2 N–H and O–H groups in total. The van der Waals surface area contributed by atoms with Crippen LogP contribution in [0.25, 0.3) is 0 Å². The van der Waals surface area contributed by atoms with E-state index in [1.165, 1.54) is 25.9 Å². The van der Waals surface area contributed by atoms with Gasteiger partial charge in [-0.1, -0.05) is 11.9 Å². The zero-order valence-corrected chi connectivity index (χ0v) is 7.81. The number of nitrogens with zero attached hydrogens (tertiary/aromatic N) is 1. The Kier molecular flexibility index (Phi) is 2.12. The maximum atomic E-state index is 6.00. The fraction of sp³-hybridized carbons (Fsp3) is 1.00. The highest BCUT2D eigenvalue weighted by atomic mass is 32.2. The summed E-state index contributed by atoms with van der Waals surface area (Å²) in [6, 6.07) is 0.497. The van der Waals surface area contributed by atoms with Gasteiger partial charge in [-0.25, -0.2) is 0 Å². The quantitative estimate of drug-likeness (QED) is 0.597. The molecular weight excluding hydrogens is 156 g/mol. The van der Waals surface area contributed by atoms with Crippen LogP contribution in [0.1, 0.15) is 12.8 Å². The Bertz CT molecular complexity index is 151. The van der Waals surface area contributed by atoms with Crippen molar-refractivity contribution in [1.82, 2.24) is 4.31 Å². The summed E-state index contributed by atoms with van der Waals surface area (Å²) in [6.07, 6.45) is 4.78. The third kappa shape index (κ3) is 1.30. The zero-order valence-electron chi connectivity index (χ0n) is 6.99. The average molecular weight is 172 g/mol. The monoisotopic (exact) mass is 172 g/mol. The summed E-state index contributed by atoms with van der Waals surface area (Å²) in [6.45, 7) is 2.51. The van der Waals surface area contributed by atoms with Crippen molar-refractivity contribution in [3.05, 3.63) is 0 Å². The first-order chi connectivity index (χ1) is 5.31. The molecule has 0 aromatic rings. The molecule has 3 heteroatoms. The topological polar surface area (TPSA) is 29.3 Å². The van der Waals surface area contributed by atoms with E-state index in [4.69, 9.17) is 5.73 Å². The van der Waals surface area contributed by atoms with Gasteiger partial charge in [0.1, 0.15) is 0 Å². The van der Waals surface area contributed by atoms with Crippen molar-refractivity contribution < 1.29 is 0 Å². The largest absolute Gasteiger partial charge is 0.327 e. The number of nitrogens with two attached hydrogens (primary N) is 1. The highest BCUT2D eigenvalue weighted by Crippen LogP contribution is 2.38. The van der Waals surface area contributed by atoms with Gasteiger partial charge in [0.2, 0.25) is 0 Å². The second kappa shape index (κ2) is 2.96. The van der Waals surface area contributed by atoms with Gasteiger partial charge in [0.25, 0.3) is 0 Å². The van der Waals surface area contributed by atoms with Crippen LogP contribution in [0.2, 0.25) is 0 Å². The Morgan fingerprint density at radius 3 is 2.82 bits per heavy atom. The predicted octanol–water partition coefficient (Wildman–Crippen LogP) is 0.934. The molecule has 0 bridgehead atoms. The maximum absolute atomic E-state index is 6.00. The van der Waals surface area contributed by atoms with Crippen LogP contribution in [-0.4, -0.2) is 29.7 Å². The molecule has 1 heterocycles. The highest BCUT2D eigenvalue weighted by molar-refractivity contribution is 7.96. The molecule has 11 heavy (non-hydrogen) atoms. The van der Waals surface area contributed by atoms with Gasteiger partial charge in [0.05, 0.1) is 0 Å². The van der Waals surface area contributed by atoms with E-state index in [-0.39, 0.29) is 0 Å². The van der Waals surface area contributed by atoms with Crippen molar-refractivity contribution >= 4 is 11.9 Å². The van der Waals surface area contributed by atoms with E-state index in [1.54, 1.807) is 0 Å². The maximum Gasteiger partial charge on any atom is 0.0136 e. The van der Waals surface area contributed by atoms with Crippen molar-refractivity contribution in [2.45, 2.75) is 18.9 Å². The summed E-state index contributed by atoms with van der Waals surface area (Å²) in [4.78, 5) is 0. The lowest BCUT2D eigenvalue weighted by Crippen LogP contribution is -2.28. The summed E-state index contributed by atoms with van der Waals surface area (Å²) in [5.74, 6) is 1.72. The summed E-state index contributed by atoms with van der Waals surface area (Å²) in [7, 11) is 0. The van der Waals surface area contributed by atoms with Crippen LogP contribution in [0, 0.1) is 11.8 Å². The molecule has 1 saturated carbocycles. The molecule has 1 aliphatic heterocycles. The normalized spacial score (nSPS) is 44.7. The van der Waals surface area contributed by atoms with Crippen LogP contribution < -0.4 is 5.73 Å². The summed E-state index contributed by atoms with van der Waals surface area (Å²) >= 11 is 1.87. The van der Waals surface area contributed by atoms with Gasteiger partial charge < -0.3 is 5.73 Å². The summed E-state index contributed by atoms with van der Waals surface area (Å²) < 4.78 is 2.45. The van der Waals surface area contributed by atoms with Gasteiger partial charge in [0.15, 0.2) is 0 Å². The lowest BCUT2D eigenvalue weighted by molar-refractivity contribution is 0.447. The number of fused-ring (bicyclic) bond motifs is 1. The van der Waals surface area contributed by atoms with Crippen LogP contribution in [0.15, 0.2) is 0 Å². The third-order valence-corrected chi connectivity index (χ3v) is 3.95. The molecule has 2 nitrogen and oxygen atoms in total. The fourth-order valence-electron chi connectivity index (χ4n) is 2.42. The second-order valence-electron chi connectivity index (χ2n) is 3.69. The number of hydrogen-bond acceptors (Lipinski definition) is 3. The molecule has 0 spiro atoms. The van der Waals surface area contributed by atoms with Crippen molar-refractivity contribution in [3.63, 3.8) is 0 Å². The Labute approximate surface area is 72.6 Å². The summed E-state index contributed by atoms with van der Waals surface area (Å²) in [5, 5.41) is 0. The molecule has 2 fully saturated rings. The Morgan fingerprint density at radius 1 is 1.36 bits per heavy atom. The van der Waals surface area contributed by atoms with Crippen LogP contribution in [0.3, 0.4) is 0 Å². The minimum absolute atomic E-state index is 0.497.